The molecule has 1 aromatic carbocycles. The summed E-state index contributed by atoms with van der Waals surface area (Å²) in [5.41, 5.74) is 0.251. The molecule has 0 radical (unpaired) electrons. The normalized spacial score (nSPS) is 17.6. The van der Waals surface area contributed by atoms with Gasteiger partial charge in [-0.3, -0.25) is 9.59 Å². The summed E-state index contributed by atoms with van der Waals surface area (Å²) >= 11 is 0. The predicted molar refractivity (Wildman–Crippen MR) is 108 cm³/mol. The number of methoxy groups -OCH3 is 1. The predicted octanol–water partition coefficient (Wildman–Crippen LogP) is 5.02. The number of halogens is 1. The van der Waals surface area contributed by atoms with E-state index < -0.39 is 29.6 Å². The Bertz CT molecular complexity index is 720. The van der Waals surface area contributed by atoms with E-state index in [0.717, 1.165) is 24.8 Å². The van der Waals surface area contributed by atoms with Crippen molar-refractivity contribution in [2.45, 2.75) is 77.9 Å². The van der Waals surface area contributed by atoms with Gasteiger partial charge in [0.25, 0.3) is 0 Å². The summed E-state index contributed by atoms with van der Waals surface area (Å²) in [7, 11) is 1.51. The Balaban J connectivity index is 2.09. The molecular formula is C23H33FO5. The molecule has 1 saturated carbocycles. The van der Waals surface area contributed by atoms with Crippen LogP contribution >= 0.6 is 0 Å². The number of carbonyl (C=O) groups excluding carboxylic acids is 2. The molecule has 0 aromatic heterocycles. The van der Waals surface area contributed by atoms with Crippen LogP contribution in [0.5, 0.6) is 5.75 Å². The number of ether oxygens (including phenoxy) is 3. The highest BCUT2D eigenvalue weighted by Crippen LogP contribution is 2.45. The van der Waals surface area contributed by atoms with E-state index in [4.69, 9.17) is 14.2 Å². The fourth-order valence-corrected chi connectivity index (χ4v) is 3.74. The molecule has 0 saturated heterocycles. The minimum absolute atomic E-state index is 0.0310. The van der Waals surface area contributed by atoms with Gasteiger partial charge in [-0.15, -0.1) is 0 Å². The SMILES string of the molecule is COc1cc(F)ccc1[C@@H](C1CCC1)[C@H](C)OC(=O)[C@H](C)CC(=O)OC(C)(C)C. The van der Waals surface area contributed by atoms with E-state index in [9.17, 15) is 14.0 Å². The van der Waals surface area contributed by atoms with E-state index >= 15 is 0 Å². The summed E-state index contributed by atoms with van der Waals surface area (Å²) < 4.78 is 30.1. The Labute approximate surface area is 172 Å². The van der Waals surface area contributed by atoms with Gasteiger partial charge in [-0.1, -0.05) is 19.4 Å². The zero-order chi connectivity index (χ0) is 21.8. The summed E-state index contributed by atoms with van der Waals surface area (Å²) in [5, 5.41) is 0. The quantitative estimate of drug-likeness (QED) is 0.565. The Morgan fingerprint density at radius 3 is 2.38 bits per heavy atom. The van der Waals surface area contributed by atoms with Gasteiger partial charge in [0.05, 0.1) is 19.4 Å². The van der Waals surface area contributed by atoms with E-state index in [1.165, 1.54) is 19.2 Å². The van der Waals surface area contributed by atoms with Crippen molar-refractivity contribution in [1.29, 1.82) is 0 Å². The third kappa shape index (κ3) is 6.44. The lowest BCUT2D eigenvalue weighted by Gasteiger charge is -2.38. The molecule has 0 bridgehead atoms. The maximum atomic E-state index is 13.6. The molecule has 1 aliphatic rings. The van der Waals surface area contributed by atoms with Crippen LogP contribution < -0.4 is 4.74 Å². The Morgan fingerprint density at radius 2 is 1.86 bits per heavy atom. The zero-order valence-corrected chi connectivity index (χ0v) is 18.3. The minimum atomic E-state index is -0.607. The number of hydrogen-bond acceptors (Lipinski definition) is 5. The van der Waals surface area contributed by atoms with Crippen LogP contribution in [0.15, 0.2) is 18.2 Å². The van der Waals surface area contributed by atoms with Gasteiger partial charge < -0.3 is 14.2 Å². The number of benzene rings is 1. The highest BCUT2D eigenvalue weighted by Gasteiger charge is 2.37. The maximum absolute atomic E-state index is 13.6. The van der Waals surface area contributed by atoms with Crippen molar-refractivity contribution in [1.82, 2.24) is 0 Å². The molecule has 0 aliphatic heterocycles. The second-order valence-electron chi connectivity index (χ2n) is 8.94. The van der Waals surface area contributed by atoms with Crippen molar-refractivity contribution in [3.05, 3.63) is 29.6 Å². The van der Waals surface area contributed by atoms with Gasteiger partial charge in [0.2, 0.25) is 0 Å². The van der Waals surface area contributed by atoms with Gasteiger partial charge in [0, 0.05) is 17.5 Å². The molecule has 1 fully saturated rings. The fourth-order valence-electron chi connectivity index (χ4n) is 3.74. The van der Waals surface area contributed by atoms with E-state index in [0.29, 0.717) is 11.7 Å². The van der Waals surface area contributed by atoms with Crippen LogP contribution in [0.1, 0.15) is 71.8 Å². The third-order valence-electron chi connectivity index (χ3n) is 5.32. The number of hydrogen-bond donors (Lipinski definition) is 0. The Kier molecular flexibility index (Phi) is 7.66. The summed E-state index contributed by atoms with van der Waals surface area (Å²) in [5.74, 6) is -1.11. The smallest absolute Gasteiger partial charge is 0.309 e. The molecule has 1 aliphatic carbocycles. The maximum Gasteiger partial charge on any atom is 0.309 e. The van der Waals surface area contributed by atoms with Crippen LogP contribution in [0.2, 0.25) is 0 Å². The second kappa shape index (κ2) is 9.59. The van der Waals surface area contributed by atoms with Crippen molar-refractivity contribution in [3.8, 4) is 5.75 Å². The van der Waals surface area contributed by atoms with Crippen molar-refractivity contribution in [3.63, 3.8) is 0 Å². The first kappa shape index (κ1) is 23.2. The standard InChI is InChI=1S/C23H33FO5/c1-14(12-20(25)29-23(3,4)5)22(26)28-15(2)21(16-8-7-9-16)18-11-10-17(24)13-19(18)27-6/h10-11,13-16,21H,7-9,12H2,1-6H3/t14-,15+,21-/m1/s1. The molecular weight excluding hydrogens is 375 g/mol. The first-order chi connectivity index (χ1) is 13.5. The molecule has 0 heterocycles. The van der Waals surface area contributed by atoms with Crippen molar-refractivity contribution in [2.24, 2.45) is 11.8 Å². The van der Waals surface area contributed by atoms with E-state index in [1.807, 2.05) is 6.92 Å². The Morgan fingerprint density at radius 1 is 1.21 bits per heavy atom. The molecule has 162 valence electrons. The van der Waals surface area contributed by atoms with Crippen LogP contribution in [0, 0.1) is 17.7 Å². The molecule has 5 nitrogen and oxygen atoms in total. The number of carbonyl (C=O) groups is 2. The first-order valence-corrected chi connectivity index (χ1v) is 10.3. The third-order valence-corrected chi connectivity index (χ3v) is 5.32. The second-order valence-corrected chi connectivity index (χ2v) is 8.94. The lowest BCUT2D eigenvalue weighted by Crippen LogP contribution is -2.34. The monoisotopic (exact) mass is 408 g/mol. The van der Waals surface area contributed by atoms with Crippen LogP contribution in [-0.4, -0.2) is 30.8 Å². The summed E-state index contributed by atoms with van der Waals surface area (Å²) in [6, 6.07) is 4.48. The summed E-state index contributed by atoms with van der Waals surface area (Å²) in [6.07, 6.45) is 2.73. The van der Waals surface area contributed by atoms with Gasteiger partial charge in [0.1, 0.15) is 23.3 Å². The zero-order valence-electron chi connectivity index (χ0n) is 18.3. The van der Waals surface area contributed by atoms with Crippen LogP contribution in [0.3, 0.4) is 0 Å². The van der Waals surface area contributed by atoms with Gasteiger partial charge >= 0.3 is 11.9 Å². The number of rotatable bonds is 8. The largest absolute Gasteiger partial charge is 0.496 e. The average molecular weight is 409 g/mol. The molecule has 0 amide bonds. The molecule has 6 heteroatoms. The molecule has 0 N–H and O–H groups in total. The van der Waals surface area contributed by atoms with Crippen molar-refractivity contribution >= 4 is 11.9 Å². The molecule has 0 spiro atoms. The van der Waals surface area contributed by atoms with Crippen LogP contribution in [-0.2, 0) is 19.1 Å². The Hall–Kier alpha value is -2.11. The molecule has 2 rings (SSSR count). The van der Waals surface area contributed by atoms with Crippen molar-refractivity contribution in [2.75, 3.05) is 7.11 Å². The minimum Gasteiger partial charge on any atom is -0.496 e. The first-order valence-electron chi connectivity index (χ1n) is 10.3. The summed E-state index contributed by atoms with van der Waals surface area (Å²) in [4.78, 5) is 24.6. The lowest BCUT2D eigenvalue weighted by molar-refractivity contribution is -0.164. The molecule has 29 heavy (non-hydrogen) atoms. The topological polar surface area (TPSA) is 61.8 Å². The van der Waals surface area contributed by atoms with Gasteiger partial charge in [-0.25, -0.2) is 4.39 Å². The molecule has 0 unspecified atom stereocenters. The van der Waals surface area contributed by atoms with Gasteiger partial charge in [0.15, 0.2) is 0 Å². The average Bonchev–Trinajstić information content (AvgIpc) is 2.56. The van der Waals surface area contributed by atoms with E-state index in [1.54, 1.807) is 33.8 Å². The molecule has 3 atom stereocenters. The van der Waals surface area contributed by atoms with E-state index in [2.05, 4.69) is 0 Å². The highest BCUT2D eigenvalue weighted by molar-refractivity contribution is 5.80. The van der Waals surface area contributed by atoms with Gasteiger partial charge in [-0.05, 0) is 52.5 Å². The van der Waals surface area contributed by atoms with E-state index in [-0.39, 0.29) is 18.2 Å². The van der Waals surface area contributed by atoms with Crippen molar-refractivity contribution < 1.29 is 28.2 Å². The fraction of sp³-hybridized carbons (Fsp3) is 0.652. The number of esters is 2. The van der Waals surface area contributed by atoms with Crippen LogP contribution in [0.25, 0.3) is 0 Å². The molecule has 1 aromatic rings. The lowest BCUT2D eigenvalue weighted by atomic mass is 9.70. The summed E-state index contributed by atoms with van der Waals surface area (Å²) in [6.45, 7) is 8.87. The highest BCUT2D eigenvalue weighted by atomic mass is 19.1. The van der Waals surface area contributed by atoms with Gasteiger partial charge in [-0.2, -0.15) is 0 Å². The van der Waals surface area contributed by atoms with Crippen LogP contribution in [0.4, 0.5) is 4.39 Å².